The first kappa shape index (κ1) is 33.2. The molecule has 0 aliphatic rings. The van der Waals surface area contributed by atoms with Crippen LogP contribution in [0.15, 0.2) is 36.5 Å². The number of allylic oxidation sites excluding steroid dienone is 6. The predicted molar refractivity (Wildman–Crippen MR) is 138 cm³/mol. The minimum Gasteiger partial charge on any atom is -0.756 e. The number of phosphoric ester groups is 1. The second-order valence-electron chi connectivity index (χ2n) is 9.52. The van der Waals surface area contributed by atoms with Crippen LogP contribution in [0.4, 0.5) is 0 Å². The van der Waals surface area contributed by atoms with Gasteiger partial charge in [-0.3, -0.25) is 4.57 Å². The van der Waals surface area contributed by atoms with Crippen LogP contribution in [0, 0.1) is 0 Å². The van der Waals surface area contributed by atoms with Crippen molar-refractivity contribution in [1.82, 2.24) is 0 Å². The fourth-order valence-electron chi connectivity index (χ4n) is 2.91. The van der Waals surface area contributed by atoms with Gasteiger partial charge in [0.1, 0.15) is 19.3 Å². The average Bonchev–Trinajstić information content (AvgIpc) is 2.76. The number of quaternary nitrogens is 1. The molecule has 0 aliphatic carbocycles. The fourth-order valence-corrected chi connectivity index (χ4v) is 3.64. The molecule has 7 nitrogen and oxygen atoms in total. The van der Waals surface area contributed by atoms with E-state index >= 15 is 0 Å². The van der Waals surface area contributed by atoms with Crippen molar-refractivity contribution in [3.05, 3.63) is 36.5 Å². The molecule has 0 saturated heterocycles. The van der Waals surface area contributed by atoms with Crippen molar-refractivity contribution < 1.29 is 32.8 Å². The Kier molecular flexibility index (Phi) is 21.0. The van der Waals surface area contributed by atoms with Gasteiger partial charge in [0.05, 0.1) is 34.4 Å². The number of likely N-dealkylation sites (N-methyl/N-ethyl adjacent to an activating group) is 1. The Morgan fingerprint density at radius 2 is 1.41 bits per heavy atom. The van der Waals surface area contributed by atoms with Gasteiger partial charge in [0.2, 0.25) is 0 Å². The molecule has 2 unspecified atom stereocenters. The number of hydrogen-bond donors (Lipinski definition) is 1. The number of hydrogen-bond acceptors (Lipinski definition) is 6. The summed E-state index contributed by atoms with van der Waals surface area (Å²) in [6, 6.07) is 0. The lowest BCUT2D eigenvalue weighted by molar-refractivity contribution is -0.870. The van der Waals surface area contributed by atoms with Crippen LogP contribution in [-0.4, -0.2) is 69.8 Å². The number of ether oxygens (including phenoxy) is 1. The van der Waals surface area contributed by atoms with Crippen molar-refractivity contribution in [3.63, 3.8) is 0 Å². The molecular formula is C26H50NO6P. The topological polar surface area (TPSA) is 88.0 Å². The summed E-state index contributed by atoms with van der Waals surface area (Å²) in [5, 5.41) is 9.82. The van der Waals surface area contributed by atoms with E-state index in [0.717, 1.165) is 38.5 Å². The smallest absolute Gasteiger partial charge is 0.268 e. The van der Waals surface area contributed by atoms with Gasteiger partial charge >= 0.3 is 0 Å². The highest BCUT2D eigenvalue weighted by molar-refractivity contribution is 7.45. The van der Waals surface area contributed by atoms with Gasteiger partial charge in [0.25, 0.3) is 7.82 Å². The van der Waals surface area contributed by atoms with Crippen LogP contribution in [-0.2, 0) is 18.3 Å². The fraction of sp³-hybridized carbons (Fsp3) is 0.769. The molecule has 34 heavy (non-hydrogen) atoms. The van der Waals surface area contributed by atoms with Gasteiger partial charge in [0, 0.05) is 6.61 Å². The van der Waals surface area contributed by atoms with E-state index < -0.39 is 13.9 Å². The molecule has 2 atom stereocenters. The van der Waals surface area contributed by atoms with Crippen molar-refractivity contribution in [2.24, 2.45) is 0 Å². The average molecular weight is 504 g/mol. The van der Waals surface area contributed by atoms with E-state index in [-0.39, 0.29) is 19.8 Å². The summed E-state index contributed by atoms with van der Waals surface area (Å²) in [5.41, 5.74) is 0. The Morgan fingerprint density at radius 1 is 0.824 bits per heavy atom. The van der Waals surface area contributed by atoms with E-state index in [4.69, 9.17) is 13.8 Å². The number of nitrogens with zero attached hydrogens (tertiary/aromatic N) is 1. The van der Waals surface area contributed by atoms with Crippen LogP contribution in [0.3, 0.4) is 0 Å². The van der Waals surface area contributed by atoms with Crippen LogP contribution in [0.5, 0.6) is 0 Å². The van der Waals surface area contributed by atoms with E-state index in [1.54, 1.807) is 0 Å². The summed E-state index contributed by atoms with van der Waals surface area (Å²) < 4.78 is 27.2. The molecule has 0 bridgehead atoms. The molecule has 200 valence electrons. The highest BCUT2D eigenvalue weighted by Gasteiger charge is 2.15. The molecule has 0 amide bonds. The van der Waals surface area contributed by atoms with Crippen LogP contribution < -0.4 is 4.89 Å². The van der Waals surface area contributed by atoms with Gasteiger partial charge in [0.15, 0.2) is 0 Å². The molecule has 0 saturated carbocycles. The Labute approximate surface area is 208 Å². The first-order valence-corrected chi connectivity index (χ1v) is 14.2. The minimum atomic E-state index is -4.40. The van der Waals surface area contributed by atoms with Gasteiger partial charge in [-0.25, -0.2) is 0 Å². The highest BCUT2D eigenvalue weighted by Crippen LogP contribution is 2.38. The normalized spacial score (nSPS) is 15.6. The second-order valence-corrected chi connectivity index (χ2v) is 10.9. The first-order chi connectivity index (χ1) is 16.2. The number of phosphoric acid groups is 1. The van der Waals surface area contributed by atoms with Gasteiger partial charge < -0.3 is 28.3 Å². The number of aliphatic hydroxyl groups excluding tert-OH is 1. The lowest BCUT2D eigenvalue weighted by Gasteiger charge is -2.27. The third-order valence-corrected chi connectivity index (χ3v) is 5.90. The van der Waals surface area contributed by atoms with Crippen LogP contribution in [0.2, 0.25) is 0 Å². The summed E-state index contributed by atoms with van der Waals surface area (Å²) in [5.74, 6) is 0. The van der Waals surface area contributed by atoms with Crippen molar-refractivity contribution in [1.29, 1.82) is 0 Å². The number of unbranched alkanes of at least 4 members (excludes halogenated alkanes) is 6. The maximum Gasteiger partial charge on any atom is 0.268 e. The Morgan fingerprint density at radius 3 is 2.06 bits per heavy atom. The SMILES string of the molecule is CC/C=C\C/C=C\C/C=C\CCCCCCCCOCC(O)COP(=O)([O-])OCC[N+](C)(C)C. The van der Waals surface area contributed by atoms with Crippen molar-refractivity contribution >= 4 is 7.82 Å². The maximum atomic E-state index is 11.7. The van der Waals surface area contributed by atoms with Crippen molar-refractivity contribution in [2.75, 3.05) is 54.1 Å². The maximum absolute atomic E-state index is 11.7. The molecule has 0 aromatic rings. The molecule has 0 aromatic carbocycles. The standard InChI is InChI=1S/C26H50NO6P/c1-5-6-7-8-9-10-11-12-13-14-15-16-17-18-19-20-22-31-24-26(28)25-33-34(29,30)32-23-21-27(2,3)4/h6-7,9-10,12-13,26,28H,5,8,11,14-25H2,1-4H3/b7-6-,10-9-,13-12-. The molecule has 0 aromatic heterocycles. The molecule has 0 aliphatic heterocycles. The van der Waals surface area contributed by atoms with Crippen LogP contribution in [0.1, 0.15) is 71.1 Å². The molecular weight excluding hydrogens is 453 g/mol. The minimum absolute atomic E-state index is 0.0442. The largest absolute Gasteiger partial charge is 0.756 e. The van der Waals surface area contributed by atoms with Gasteiger partial charge in [-0.1, -0.05) is 69.1 Å². The molecule has 0 radical (unpaired) electrons. The third-order valence-electron chi connectivity index (χ3n) is 4.94. The zero-order chi connectivity index (χ0) is 25.5. The Balaban J connectivity index is 3.50. The summed E-state index contributed by atoms with van der Waals surface area (Å²) in [4.78, 5) is 11.7. The summed E-state index contributed by atoms with van der Waals surface area (Å²) in [6.45, 7) is 2.98. The van der Waals surface area contributed by atoms with Crippen molar-refractivity contribution in [3.8, 4) is 0 Å². The summed E-state index contributed by atoms with van der Waals surface area (Å²) in [6.07, 6.45) is 23.5. The van der Waals surface area contributed by atoms with Crippen LogP contribution >= 0.6 is 7.82 Å². The molecule has 0 fully saturated rings. The summed E-state index contributed by atoms with van der Waals surface area (Å²) >= 11 is 0. The molecule has 0 heterocycles. The Bertz CT molecular complexity index is 601. The lowest BCUT2D eigenvalue weighted by atomic mass is 10.1. The predicted octanol–water partition coefficient (Wildman–Crippen LogP) is 5.16. The summed E-state index contributed by atoms with van der Waals surface area (Å²) in [7, 11) is 1.42. The van der Waals surface area contributed by atoms with E-state index in [0.29, 0.717) is 17.6 Å². The number of aliphatic hydroxyl groups is 1. The monoisotopic (exact) mass is 503 g/mol. The molecule has 8 heteroatoms. The zero-order valence-corrected chi connectivity index (χ0v) is 22.9. The number of rotatable bonds is 23. The molecule has 0 rings (SSSR count). The third kappa shape index (κ3) is 25.8. The highest BCUT2D eigenvalue weighted by atomic mass is 31.2. The van der Waals surface area contributed by atoms with E-state index in [1.807, 2.05) is 21.1 Å². The van der Waals surface area contributed by atoms with E-state index in [1.165, 1.54) is 25.7 Å². The molecule has 0 spiro atoms. The van der Waals surface area contributed by atoms with Gasteiger partial charge in [-0.05, 0) is 38.5 Å². The second kappa shape index (κ2) is 21.5. The first-order valence-electron chi connectivity index (χ1n) is 12.8. The lowest BCUT2D eigenvalue weighted by Crippen LogP contribution is -2.37. The quantitative estimate of drug-likeness (QED) is 0.0897. The van der Waals surface area contributed by atoms with Gasteiger partial charge in [-0.2, -0.15) is 0 Å². The zero-order valence-electron chi connectivity index (χ0n) is 22.0. The van der Waals surface area contributed by atoms with Crippen molar-refractivity contribution in [2.45, 2.75) is 77.2 Å². The van der Waals surface area contributed by atoms with E-state index in [9.17, 15) is 14.6 Å². The van der Waals surface area contributed by atoms with E-state index in [2.05, 4.69) is 43.4 Å². The van der Waals surface area contributed by atoms with Crippen LogP contribution in [0.25, 0.3) is 0 Å². The van der Waals surface area contributed by atoms with Gasteiger partial charge in [-0.15, -0.1) is 0 Å². The molecule has 1 N–H and O–H groups in total. The Hall–Kier alpha value is -0.790.